The second kappa shape index (κ2) is 8.99. The van der Waals surface area contributed by atoms with Crippen molar-refractivity contribution in [2.24, 2.45) is 0 Å². The Morgan fingerprint density at radius 3 is 2.68 bits per heavy atom. The normalized spacial score (nSPS) is 10.5. The predicted molar refractivity (Wildman–Crippen MR) is 117 cm³/mol. The van der Waals surface area contributed by atoms with Gasteiger partial charge in [0.15, 0.2) is 5.11 Å². The van der Waals surface area contributed by atoms with Gasteiger partial charge in [0, 0.05) is 24.0 Å². The minimum Gasteiger partial charge on any atom is -0.465 e. The smallest absolute Gasteiger partial charge is 0.340 e. The summed E-state index contributed by atoms with van der Waals surface area (Å²) in [7, 11) is 1.37. The molecule has 2 N–H and O–H groups in total. The molecule has 3 rings (SSSR count). The van der Waals surface area contributed by atoms with Crippen LogP contribution in [-0.4, -0.2) is 28.0 Å². The van der Waals surface area contributed by atoms with Crippen LogP contribution >= 0.6 is 23.6 Å². The highest BCUT2D eigenvalue weighted by Gasteiger charge is 2.18. The first-order chi connectivity index (χ1) is 13.5. The Morgan fingerprint density at radius 2 is 2.04 bits per heavy atom. The van der Waals surface area contributed by atoms with Crippen LogP contribution in [0.15, 0.2) is 42.6 Å². The fraction of sp³-hybridized carbons (Fsp3) is 0.250. The van der Waals surface area contributed by atoms with E-state index < -0.39 is 5.97 Å². The fourth-order valence-electron chi connectivity index (χ4n) is 2.74. The molecule has 0 bridgehead atoms. The van der Waals surface area contributed by atoms with Crippen LogP contribution < -0.4 is 10.6 Å². The number of methoxy groups -OCH3 is 1. The molecule has 0 amide bonds. The Bertz CT molecular complexity index is 980. The molecule has 0 atom stereocenters. The summed E-state index contributed by atoms with van der Waals surface area (Å²) in [5.74, 6) is -0.393. The number of esters is 1. The van der Waals surface area contributed by atoms with Crippen LogP contribution in [0.2, 0.25) is 0 Å². The van der Waals surface area contributed by atoms with Crippen molar-refractivity contribution in [2.45, 2.75) is 26.8 Å². The third-order valence-corrected chi connectivity index (χ3v) is 5.41. The summed E-state index contributed by atoms with van der Waals surface area (Å²) in [6, 6.07) is 12.0. The van der Waals surface area contributed by atoms with Crippen LogP contribution in [0.25, 0.3) is 0 Å². The van der Waals surface area contributed by atoms with Crippen molar-refractivity contribution in [3.05, 3.63) is 64.3 Å². The molecule has 2 heterocycles. The van der Waals surface area contributed by atoms with Crippen LogP contribution in [0.3, 0.4) is 0 Å². The molecule has 8 heteroatoms. The maximum absolute atomic E-state index is 12.2. The number of hydrogen-bond donors (Lipinski definition) is 2. The van der Waals surface area contributed by atoms with Crippen LogP contribution in [0, 0.1) is 6.92 Å². The Morgan fingerprint density at radius 1 is 1.29 bits per heavy atom. The van der Waals surface area contributed by atoms with Gasteiger partial charge in [0.2, 0.25) is 0 Å². The number of hydrogen-bond acceptors (Lipinski definition) is 5. The van der Waals surface area contributed by atoms with Gasteiger partial charge in [-0.15, -0.1) is 11.3 Å². The van der Waals surface area contributed by atoms with E-state index >= 15 is 0 Å². The van der Waals surface area contributed by atoms with Gasteiger partial charge in [-0.05, 0) is 37.7 Å². The maximum Gasteiger partial charge on any atom is 0.340 e. The molecule has 0 fully saturated rings. The van der Waals surface area contributed by atoms with Crippen molar-refractivity contribution in [3.63, 3.8) is 0 Å². The lowest BCUT2D eigenvalue weighted by Gasteiger charge is -2.09. The van der Waals surface area contributed by atoms with E-state index in [1.807, 2.05) is 49.0 Å². The summed E-state index contributed by atoms with van der Waals surface area (Å²) in [6.07, 6.45) is 2.64. The summed E-state index contributed by atoms with van der Waals surface area (Å²) in [6.45, 7) is 4.72. The average Bonchev–Trinajstić information content (AvgIpc) is 3.25. The lowest BCUT2D eigenvalue weighted by Crippen LogP contribution is -2.20. The summed E-state index contributed by atoms with van der Waals surface area (Å²) in [4.78, 5) is 13.3. The Balaban J connectivity index is 1.78. The van der Waals surface area contributed by atoms with Gasteiger partial charge in [0.05, 0.1) is 24.1 Å². The predicted octanol–water partition coefficient (Wildman–Crippen LogP) is 4.46. The van der Waals surface area contributed by atoms with E-state index in [4.69, 9.17) is 17.0 Å². The molecule has 3 aromatic rings. The first kappa shape index (κ1) is 20.0. The minimum absolute atomic E-state index is 0.393. The molecule has 0 spiro atoms. The molecule has 28 heavy (non-hydrogen) atoms. The lowest BCUT2D eigenvalue weighted by molar-refractivity contribution is 0.0602. The number of carbonyl (C=O) groups is 1. The number of nitrogens with zero attached hydrogens (tertiary/aromatic N) is 2. The van der Waals surface area contributed by atoms with Crippen molar-refractivity contribution >= 4 is 45.3 Å². The molecule has 2 aromatic heterocycles. The average molecular weight is 415 g/mol. The number of benzene rings is 1. The van der Waals surface area contributed by atoms with Gasteiger partial charge in [-0.2, -0.15) is 5.10 Å². The number of aryl methyl sites for hydroxylation is 2. The minimum atomic E-state index is -0.393. The Labute approximate surface area is 173 Å². The molecule has 6 nitrogen and oxygen atoms in total. The molecule has 146 valence electrons. The van der Waals surface area contributed by atoms with Gasteiger partial charge in [-0.25, -0.2) is 4.79 Å². The molecule has 1 aromatic carbocycles. The molecule has 0 unspecified atom stereocenters. The number of anilines is 2. The van der Waals surface area contributed by atoms with E-state index in [1.54, 1.807) is 0 Å². The standard InChI is InChI=1S/C20H22N4O2S2/c1-4-24-12-17(13(2)23-24)21-20(27)22-18-16(19(25)26-3)11-15(28-18)10-14-8-6-5-7-9-14/h5-9,11-12H,4,10H2,1-3H3,(H2,21,22,27). The summed E-state index contributed by atoms with van der Waals surface area (Å²) in [5.41, 5.74) is 3.34. The highest BCUT2D eigenvalue weighted by atomic mass is 32.1. The molecule has 0 aliphatic rings. The summed E-state index contributed by atoms with van der Waals surface area (Å²) in [5, 5.41) is 11.7. The van der Waals surface area contributed by atoms with Crippen LogP contribution in [0.1, 0.15) is 33.4 Å². The first-order valence-electron chi connectivity index (χ1n) is 8.87. The van der Waals surface area contributed by atoms with E-state index in [0.29, 0.717) is 15.7 Å². The fourth-order valence-corrected chi connectivity index (χ4v) is 4.10. The van der Waals surface area contributed by atoms with Crippen molar-refractivity contribution in [1.29, 1.82) is 0 Å². The second-order valence-electron chi connectivity index (χ2n) is 6.17. The Kier molecular flexibility index (Phi) is 6.43. The van der Waals surface area contributed by atoms with Gasteiger partial charge in [0.25, 0.3) is 0 Å². The number of aromatic nitrogens is 2. The van der Waals surface area contributed by atoms with Crippen molar-refractivity contribution in [2.75, 3.05) is 17.7 Å². The van der Waals surface area contributed by atoms with Crippen LogP contribution in [-0.2, 0) is 17.7 Å². The van der Waals surface area contributed by atoms with Crippen LogP contribution in [0.5, 0.6) is 0 Å². The quantitative estimate of drug-likeness (QED) is 0.459. The molecule has 0 saturated heterocycles. The number of rotatable bonds is 6. The SMILES string of the molecule is CCn1cc(NC(=S)Nc2sc(Cc3ccccc3)cc2C(=O)OC)c(C)n1. The van der Waals surface area contributed by atoms with Gasteiger partial charge < -0.3 is 15.4 Å². The van der Waals surface area contributed by atoms with Gasteiger partial charge in [-0.1, -0.05) is 30.3 Å². The number of thiophene rings is 1. The second-order valence-corrected chi connectivity index (χ2v) is 7.72. The van der Waals surface area contributed by atoms with Crippen LogP contribution in [0.4, 0.5) is 10.7 Å². The molecular formula is C20H22N4O2S2. The third kappa shape index (κ3) is 4.76. The molecule has 0 aliphatic heterocycles. The number of nitrogens with one attached hydrogen (secondary N) is 2. The van der Waals surface area contributed by atoms with Gasteiger partial charge in [-0.3, -0.25) is 4.68 Å². The van der Waals surface area contributed by atoms with Crippen molar-refractivity contribution in [1.82, 2.24) is 9.78 Å². The summed E-state index contributed by atoms with van der Waals surface area (Å²) >= 11 is 6.93. The summed E-state index contributed by atoms with van der Waals surface area (Å²) < 4.78 is 6.76. The highest BCUT2D eigenvalue weighted by molar-refractivity contribution is 7.80. The third-order valence-electron chi connectivity index (χ3n) is 4.16. The van der Waals surface area contributed by atoms with Crippen molar-refractivity contribution < 1.29 is 9.53 Å². The van der Waals surface area contributed by atoms with E-state index in [9.17, 15) is 4.79 Å². The molecule has 0 radical (unpaired) electrons. The maximum atomic E-state index is 12.2. The van der Waals surface area contributed by atoms with Gasteiger partial charge >= 0.3 is 5.97 Å². The number of thiocarbonyl (C=S) groups is 1. The zero-order valence-electron chi connectivity index (χ0n) is 16.0. The Hall–Kier alpha value is -2.71. The van der Waals surface area contributed by atoms with Gasteiger partial charge in [0.1, 0.15) is 5.00 Å². The molecule has 0 aliphatic carbocycles. The van der Waals surface area contributed by atoms with E-state index in [2.05, 4.69) is 27.9 Å². The number of ether oxygens (including phenoxy) is 1. The first-order valence-corrected chi connectivity index (χ1v) is 10.1. The zero-order chi connectivity index (χ0) is 20.1. The molecule has 0 saturated carbocycles. The topological polar surface area (TPSA) is 68.2 Å². The highest BCUT2D eigenvalue weighted by Crippen LogP contribution is 2.31. The zero-order valence-corrected chi connectivity index (χ0v) is 17.6. The van der Waals surface area contributed by atoms with E-state index in [-0.39, 0.29) is 0 Å². The number of carbonyl (C=O) groups excluding carboxylic acids is 1. The largest absolute Gasteiger partial charge is 0.465 e. The van der Waals surface area contributed by atoms with Crippen molar-refractivity contribution in [3.8, 4) is 0 Å². The van der Waals surface area contributed by atoms with E-state index in [0.717, 1.165) is 29.2 Å². The molecular weight excluding hydrogens is 392 g/mol. The lowest BCUT2D eigenvalue weighted by atomic mass is 10.1. The monoisotopic (exact) mass is 414 g/mol. The van der Waals surface area contributed by atoms with E-state index in [1.165, 1.54) is 24.0 Å².